The molecule has 4 aromatic heterocycles. The van der Waals surface area contributed by atoms with Crippen LogP contribution < -0.4 is 5.32 Å². The molecule has 33 heavy (non-hydrogen) atoms. The van der Waals surface area contributed by atoms with Gasteiger partial charge in [0.1, 0.15) is 5.69 Å². The van der Waals surface area contributed by atoms with E-state index in [9.17, 15) is 9.90 Å². The summed E-state index contributed by atoms with van der Waals surface area (Å²) in [6, 6.07) is 8.29. The molecule has 1 aliphatic rings. The number of amides is 1. The van der Waals surface area contributed by atoms with E-state index in [-0.39, 0.29) is 23.8 Å². The summed E-state index contributed by atoms with van der Waals surface area (Å²) in [6.07, 6.45) is 4.17. The second-order valence-corrected chi connectivity index (χ2v) is 7.50. The molecular weight excluding hydrogens is 424 g/mol. The maximum atomic E-state index is 12.4. The number of rotatable bonds is 6. The molecule has 1 aliphatic heterocycles. The van der Waals surface area contributed by atoms with Gasteiger partial charge in [-0.25, -0.2) is 15.0 Å². The predicted octanol–water partition coefficient (Wildman–Crippen LogP) is 2.20. The Morgan fingerprint density at radius 2 is 2.09 bits per heavy atom. The summed E-state index contributed by atoms with van der Waals surface area (Å²) in [7, 11) is 1.61. The molecule has 1 atom stereocenters. The van der Waals surface area contributed by atoms with Gasteiger partial charge in [-0.15, -0.1) is 0 Å². The summed E-state index contributed by atoms with van der Waals surface area (Å²) in [4.78, 5) is 27.0. The number of anilines is 2. The van der Waals surface area contributed by atoms with Crippen molar-refractivity contribution in [3.05, 3.63) is 54.7 Å². The Balaban J connectivity index is 1.37. The lowest BCUT2D eigenvalue weighted by atomic mass is 9.98. The van der Waals surface area contributed by atoms with Crippen LogP contribution >= 0.6 is 0 Å². The molecule has 0 spiro atoms. The smallest absolute Gasteiger partial charge is 0.262 e. The van der Waals surface area contributed by atoms with E-state index in [4.69, 9.17) is 11.4 Å². The summed E-state index contributed by atoms with van der Waals surface area (Å²) in [6.45, 7) is -5.21. The van der Waals surface area contributed by atoms with Crippen LogP contribution in [0.15, 0.2) is 53.4 Å². The quantitative estimate of drug-likeness (QED) is 0.452. The van der Waals surface area contributed by atoms with Gasteiger partial charge < -0.3 is 19.8 Å². The SMILES string of the molecule is [2H]C([2H])([2H])C([2H])([2H])n1cc(Nc2nccc(-c3cccc(-c4cc(C5(O)CCN(C)C5=O)on4)n3)n2)cn1. The third-order valence-electron chi connectivity index (χ3n) is 5.31. The highest BCUT2D eigenvalue weighted by Crippen LogP contribution is 2.34. The van der Waals surface area contributed by atoms with Crippen LogP contribution in [0.3, 0.4) is 0 Å². The number of carbonyl (C=O) groups is 1. The first-order valence-corrected chi connectivity index (χ1v) is 9.97. The van der Waals surface area contributed by atoms with Crippen molar-refractivity contribution in [1.82, 2.24) is 34.8 Å². The van der Waals surface area contributed by atoms with Crippen molar-refractivity contribution in [2.75, 3.05) is 18.9 Å². The van der Waals surface area contributed by atoms with E-state index < -0.39 is 24.9 Å². The van der Waals surface area contributed by atoms with Crippen molar-refractivity contribution in [2.24, 2.45) is 0 Å². The Morgan fingerprint density at radius 3 is 2.88 bits per heavy atom. The number of nitrogens with one attached hydrogen (secondary N) is 1. The second kappa shape index (κ2) is 8.10. The molecule has 1 fully saturated rings. The summed E-state index contributed by atoms with van der Waals surface area (Å²) < 4.78 is 43.8. The number of aromatic nitrogens is 6. The van der Waals surface area contributed by atoms with Gasteiger partial charge in [-0.1, -0.05) is 11.2 Å². The first-order valence-electron chi connectivity index (χ1n) is 12.5. The summed E-state index contributed by atoms with van der Waals surface area (Å²) in [5.41, 5.74) is 0.216. The Morgan fingerprint density at radius 1 is 1.27 bits per heavy atom. The molecule has 0 aliphatic carbocycles. The van der Waals surface area contributed by atoms with Crippen molar-refractivity contribution >= 4 is 17.5 Å². The monoisotopic (exact) mass is 451 g/mol. The van der Waals surface area contributed by atoms with Crippen molar-refractivity contribution in [2.45, 2.75) is 25.4 Å². The van der Waals surface area contributed by atoms with Gasteiger partial charge in [-0.3, -0.25) is 9.48 Å². The van der Waals surface area contributed by atoms with Crippen LogP contribution in [0.2, 0.25) is 0 Å². The highest BCUT2D eigenvalue weighted by Gasteiger charge is 2.48. The third-order valence-corrected chi connectivity index (χ3v) is 5.31. The standard InChI is InChI=1S/C22H22N8O3/c1-3-30-13-14(12-24-30)25-21-23-9-7-17(27-21)15-5-4-6-16(26-15)18-11-19(33-28-18)22(32)8-10-29(2)20(22)31/h4-7,9,11-13,32H,3,8,10H2,1-2H3,(H,23,25,27)/i1D3,3D2. The fraction of sp³-hybridized carbons (Fsp3) is 0.273. The van der Waals surface area contributed by atoms with E-state index in [1.165, 1.54) is 29.6 Å². The number of carbonyl (C=O) groups excluding carboxylic acids is 1. The fourth-order valence-corrected chi connectivity index (χ4v) is 3.53. The normalized spacial score (nSPS) is 21.2. The van der Waals surface area contributed by atoms with Gasteiger partial charge in [0.15, 0.2) is 5.76 Å². The minimum absolute atomic E-state index is 0.0472. The molecule has 1 saturated heterocycles. The molecule has 4 aromatic rings. The molecular formula is C22H22N8O3. The molecule has 11 nitrogen and oxygen atoms in total. The van der Waals surface area contributed by atoms with Crippen LogP contribution in [0.25, 0.3) is 22.8 Å². The molecule has 0 aromatic carbocycles. The van der Waals surface area contributed by atoms with Crippen LogP contribution in [0.5, 0.6) is 0 Å². The molecule has 11 heteroatoms. The van der Waals surface area contributed by atoms with Crippen molar-refractivity contribution in [3.8, 4) is 22.8 Å². The first kappa shape index (κ1) is 15.6. The van der Waals surface area contributed by atoms with Crippen LogP contribution in [0, 0.1) is 0 Å². The average molecular weight is 452 g/mol. The minimum Gasteiger partial charge on any atom is -0.373 e. The predicted molar refractivity (Wildman–Crippen MR) is 118 cm³/mol. The van der Waals surface area contributed by atoms with Gasteiger partial charge in [-0.2, -0.15) is 5.10 Å². The zero-order chi connectivity index (χ0) is 27.3. The molecule has 0 bridgehead atoms. The fourth-order valence-electron chi connectivity index (χ4n) is 3.53. The van der Waals surface area contributed by atoms with Crippen molar-refractivity contribution in [3.63, 3.8) is 0 Å². The molecule has 1 amide bonds. The second-order valence-electron chi connectivity index (χ2n) is 7.50. The Kier molecular flexibility index (Phi) is 3.84. The topological polar surface area (TPSA) is 135 Å². The maximum Gasteiger partial charge on any atom is 0.262 e. The average Bonchev–Trinajstić information content (AvgIpc) is 3.62. The van der Waals surface area contributed by atoms with E-state index in [0.717, 1.165) is 4.68 Å². The lowest BCUT2D eigenvalue weighted by Gasteiger charge is -2.16. The third kappa shape index (κ3) is 3.82. The summed E-state index contributed by atoms with van der Waals surface area (Å²) >= 11 is 0. The van der Waals surface area contributed by atoms with Crippen molar-refractivity contribution in [1.29, 1.82) is 0 Å². The Labute approximate surface area is 196 Å². The number of hydrogen-bond acceptors (Lipinski definition) is 9. The van der Waals surface area contributed by atoms with Crippen LogP contribution in [0.4, 0.5) is 11.6 Å². The highest BCUT2D eigenvalue weighted by molar-refractivity contribution is 5.87. The number of hydrogen-bond donors (Lipinski definition) is 2. The summed E-state index contributed by atoms with van der Waals surface area (Å²) in [5.74, 6) is -0.257. The van der Waals surface area contributed by atoms with Crippen LogP contribution in [0.1, 0.15) is 25.9 Å². The number of nitrogens with zero attached hydrogens (tertiary/aromatic N) is 7. The Hall–Kier alpha value is -4.12. The molecule has 1 unspecified atom stereocenters. The first-order chi connectivity index (χ1) is 17.9. The number of pyridine rings is 1. The highest BCUT2D eigenvalue weighted by atomic mass is 16.5. The molecule has 168 valence electrons. The number of aryl methyl sites for hydroxylation is 1. The molecule has 2 N–H and O–H groups in total. The number of likely N-dealkylation sites (tertiary alicyclic amines) is 1. The number of likely N-dealkylation sites (N-methyl/N-ethyl adjacent to an activating group) is 1. The van der Waals surface area contributed by atoms with Crippen LogP contribution in [-0.2, 0) is 16.9 Å². The van der Waals surface area contributed by atoms with E-state index in [1.807, 2.05) is 0 Å². The van der Waals surface area contributed by atoms with Gasteiger partial charge in [0.25, 0.3) is 5.91 Å². The van der Waals surface area contributed by atoms with Gasteiger partial charge in [0.05, 0.1) is 31.7 Å². The number of aliphatic hydroxyl groups is 1. The van der Waals surface area contributed by atoms with Gasteiger partial charge in [0.2, 0.25) is 11.5 Å². The van der Waals surface area contributed by atoms with E-state index >= 15 is 0 Å². The molecule has 5 rings (SSSR count). The Bertz CT molecular complexity index is 1500. The maximum absolute atomic E-state index is 12.4. The van der Waals surface area contributed by atoms with E-state index in [0.29, 0.717) is 29.3 Å². The lowest BCUT2D eigenvalue weighted by molar-refractivity contribution is -0.144. The van der Waals surface area contributed by atoms with E-state index in [1.54, 1.807) is 31.3 Å². The molecule has 5 heterocycles. The van der Waals surface area contributed by atoms with Crippen molar-refractivity contribution < 1.29 is 21.3 Å². The molecule has 0 radical (unpaired) electrons. The van der Waals surface area contributed by atoms with Gasteiger partial charge in [-0.05, 0) is 25.1 Å². The molecule has 0 saturated carbocycles. The van der Waals surface area contributed by atoms with Gasteiger partial charge >= 0.3 is 0 Å². The largest absolute Gasteiger partial charge is 0.373 e. The van der Waals surface area contributed by atoms with Gasteiger partial charge in [0, 0.05) is 49.1 Å². The zero-order valence-electron chi connectivity index (χ0n) is 22.4. The lowest BCUT2D eigenvalue weighted by Crippen LogP contribution is -2.35. The van der Waals surface area contributed by atoms with E-state index in [2.05, 4.69) is 30.5 Å². The summed E-state index contributed by atoms with van der Waals surface area (Å²) in [5, 5.41) is 21.5. The van der Waals surface area contributed by atoms with Crippen LogP contribution in [-0.4, -0.2) is 59.4 Å². The minimum atomic E-state index is -2.91. The zero-order valence-corrected chi connectivity index (χ0v) is 17.4.